The van der Waals surface area contributed by atoms with Gasteiger partial charge in [-0.15, -0.1) is 0 Å². The SMILES string of the molecule is Cc1cnc2[nH]c(C3CCN(C(=O)c4cc(C)no4)CC3)cc2c1. The summed E-state index contributed by atoms with van der Waals surface area (Å²) in [5.74, 6) is 0.694. The normalized spacial score (nSPS) is 16.0. The number of nitrogens with one attached hydrogen (secondary N) is 1. The van der Waals surface area contributed by atoms with Crippen LogP contribution < -0.4 is 0 Å². The lowest BCUT2D eigenvalue weighted by molar-refractivity contribution is 0.0670. The molecule has 1 N–H and O–H groups in total. The summed E-state index contributed by atoms with van der Waals surface area (Å²) < 4.78 is 5.09. The van der Waals surface area contributed by atoms with Gasteiger partial charge >= 0.3 is 0 Å². The third kappa shape index (κ3) is 2.68. The predicted octanol–water partition coefficient (Wildman–Crippen LogP) is 3.19. The molecule has 1 amide bonds. The van der Waals surface area contributed by atoms with Crippen molar-refractivity contribution in [2.45, 2.75) is 32.6 Å². The summed E-state index contributed by atoms with van der Waals surface area (Å²) in [4.78, 5) is 22.1. The average Bonchev–Trinajstić information content (AvgIpc) is 3.20. The van der Waals surface area contributed by atoms with Gasteiger partial charge < -0.3 is 14.4 Å². The van der Waals surface area contributed by atoms with Crippen molar-refractivity contribution in [3.63, 3.8) is 0 Å². The maximum Gasteiger partial charge on any atom is 0.292 e. The molecule has 0 aromatic carbocycles. The van der Waals surface area contributed by atoms with E-state index in [1.165, 1.54) is 5.69 Å². The molecule has 1 aliphatic heterocycles. The highest BCUT2D eigenvalue weighted by Gasteiger charge is 2.27. The summed E-state index contributed by atoms with van der Waals surface area (Å²) in [5.41, 5.74) is 4.04. The molecule has 4 heterocycles. The average molecular weight is 324 g/mol. The molecule has 0 unspecified atom stereocenters. The Labute approximate surface area is 139 Å². The van der Waals surface area contributed by atoms with Crippen LogP contribution in [0, 0.1) is 13.8 Å². The zero-order chi connectivity index (χ0) is 16.7. The Morgan fingerprint density at radius 2 is 2.04 bits per heavy atom. The summed E-state index contributed by atoms with van der Waals surface area (Å²) in [6.07, 6.45) is 3.75. The fourth-order valence-electron chi connectivity index (χ4n) is 3.38. The van der Waals surface area contributed by atoms with Gasteiger partial charge in [-0.05, 0) is 44.4 Å². The van der Waals surface area contributed by atoms with Gasteiger partial charge in [0.2, 0.25) is 5.76 Å². The summed E-state index contributed by atoms with van der Waals surface area (Å²) in [5, 5.41) is 4.95. The Bertz CT molecular complexity index is 887. The maximum absolute atomic E-state index is 12.4. The first kappa shape index (κ1) is 14.9. The second-order valence-corrected chi connectivity index (χ2v) is 6.57. The van der Waals surface area contributed by atoms with Gasteiger partial charge in [0.1, 0.15) is 5.65 Å². The highest BCUT2D eigenvalue weighted by atomic mass is 16.5. The molecule has 3 aromatic heterocycles. The van der Waals surface area contributed by atoms with Crippen molar-refractivity contribution in [1.29, 1.82) is 0 Å². The number of piperidine rings is 1. The van der Waals surface area contributed by atoms with E-state index in [1.54, 1.807) is 6.07 Å². The summed E-state index contributed by atoms with van der Waals surface area (Å²) in [7, 11) is 0. The van der Waals surface area contributed by atoms with Crippen molar-refractivity contribution >= 4 is 16.9 Å². The summed E-state index contributed by atoms with van der Waals surface area (Å²) in [6.45, 7) is 5.32. The number of carbonyl (C=O) groups excluding carboxylic acids is 1. The van der Waals surface area contributed by atoms with Gasteiger partial charge in [0.15, 0.2) is 0 Å². The maximum atomic E-state index is 12.4. The van der Waals surface area contributed by atoms with Crippen LogP contribution in [0.2, 0.25) is 0 Å². The van der Waals surface area contributed by atoms with E-state index in [0.29, 0.717) is 11.7 Å². The Balaban J connectivity index is 1.46. The van der Waals surface area contributed by atoms with E-state index < -0.39 is 0 Å². The largest absolute Gasteiger partial charge is 0.351 e. The topological polar surface area (TPSA) is 75.0 Å². The van der Waals surface area contributed by atoms with E-state index in [4.69, 9.17) is 4.52 Å². The molecule has 124 valence electrons. The van der Waals surface area contributed by atoms with Gasteiger partial charge in [0, 0.05) is 42.4 Å². The number of aryl methyl sites for hydroxylation is 2. The van der Waals surface area contributed by atoms with Crippen molar-refractivity contribution in [2.24, 2.45) is 0 Å². The lowest BCUT2D eigenvalue weighted by atomic mass is 9.93. The van der Waals surface area contributed by atoms with E-state index in [0.717, 1.165) is 48.2 Å². The lowest BCUT2D eigenvalue weighted by Crippen LogP contribution is -2.37. The highest BCUT2D eigenvalue weighted by Crippen LogP contribution is 2.30. The molecule has 0 atom stereocenters. The minimum Gasteiger partial charge on any atom is -0.351 e. The number of rotatable bonds is 2. The van der Waals surface area contributed by atoms with Crippen molar-refractivity contribution in [1.82, 2.24) is 20.0 Å². The first-order valence-corrected chi connectivity index (χ1v) is 8.28. The molecule has 1 aliphatic rings. The van der Waals surface area contributed by atoms with E-state index in [9.17, 15) is 4.79 Å². The highest BCUT2D eigenvalue weighted by molar-refractivity contribution is 5.91. The number of nitrogens with zero attached hydrogens (tertiary/aromatic N) is 3. The third-order valence-electron chi connectivity index (χ3n) is 4.69. The van der Waals surface area contributed by atoms with Crippen LogP contribution in [0.3, 0.4) is 0 Å². The number of likely N-dealkylation sites (tertiary alicyclic amines) is 1. The van der Waals surface area contributed by atoms with E-state index in [2.05, 4.69) is 34.2 Å². The molecule has 1 saturated heterocycles. The number of aromatic nitrogens is 3. The lowest BCUT2D eigenvalue weighted by Gasteiger charge is -2.30. The van der Waals surface area contributed by atoms with Crippen LogP contribution in [-0.4, -0.2) is 39.0 Å². The number of hydrogen-bond acceptors (Lipinski definition) is 4. The van der Waals surface area contributed by atoms with Gasteiger partial charge in [0.05, 0.1) is 5.69 Å². The first-order chi connectivity index (χ1) is 11.6. The minimum atomic E-state index is -0.0667. The second kappa shape index (κ2) is 5.78. The van der Waals surface area contributed by atoms with Crippen LogP contribution in [0.5, 0.6) is 0 Å². The van der Waals surface area contributed by atoms with Crippen LogP contribution in [0.15, 0.2) is 28.9 Å². The molecule has 4 rings (SSSR count). The first-order valence-electron chi connectivity index (χ1n) is 8.28. The molecular weight excluding hydrogens is 304 g/mol. The van der Waals surface area contributed by atoms with Gasteiger partial charge in [-0.3, -0.25) is 4.79 Å². The zero-order valence-electron chi connectivity index (χ0n) is 13.9. The number of amides is 1. The van der Waals surface area contributed by atoms with Gasteiger partial charge in [-0.2, -0.15) is 0 Å². The number of carbonyl (C=O) groups is 1. The van der Waals surface area contributed by atoms with Crippen LogP contribution >= 0.6 is 0 Å². The minimum absolute atomic E-state index is 0.0667. The number of pyridine rings is 1. The molecular formula is C18H20N4O2. The van der Waals surface area contributed by atoms with Crippen LogP contribution in [0.1, 0.15) is 46.3 Å². The molecule has 0 saturated carbocycles. The van der Waals surface area contributed by atoms with Gasteiger partial charge in [-0.1, -0.05) is 5.16 Å². The Morgan fingerprint density at radius 3 is 2.75 bits per heavy atom. The van der Waals surface area contributed by atoms with Crippen LogP contribution in [0.4, 0.5) is 0 Å². The zero-order valence-corrected chi connectivity index (χ0v) is 13.9. The molecule has 0 aliphatic carbocycles. The van der Waals surface area contributed by atoms with E-state index in [1.807, 2.05) is 18.0 Å². The van der Waals surface area contributed by atoms with Crippen molar-refractivity contribution < 1.29 is 9.32 Å². The summed E-state index contributed by atoms with van der Waals surface area (Å²) >= 11 is 0. The summed E-state index contributed by atoms with van der Waals surface area (Å²) in [6, 6.07) is 6.03. The van der Waals surface area contributed by atoms with Crippen LogP contribution in [0.25, 0.3) is 11.0 Å². The number of hydrogen-bond donors (Lipinski definition) is 1. The Kier molecular flexibility index (Phi) is 3.59. The number of H-pyrrole nitrogens is 1. The predicted molar refractivity (Wildman–Crippen MR) is 89.9 cm³/mol. The molecule has 6 nitrogen and oxygen atoms in total. The van der Waals surface area contributed by atoms with E-state index >= 15 is 0 Å². The van der Waals surface area contributed by atoms with Crippen molar-refractivity contribution in [3.8, 4) is 0 Å². The Morgan fingerprint density at radius 1 is 1.25 bits per heavy atom. The molecule has 0 radical (unpaired) electrons. The fourth-order valence-corrected chi connectivity index (χ4v) is 3.38. The second-order valence-electron chi connectivity index (χ2n) is 6.57. The van der Waals surface area contributed by atoms with Crippen molar-refractivity contribution in [3.05, 3.63) is 47.1 Å². The fraction of sp³-hybridized carbons (Fsp3) is 0.389. The van der Waals surface area contributed by atoms with Gasteiger partial charge in [-0.25, -0.2) is 4.98 Å². The molecule has 24 heavy (non-hydrogen) atoms. The monoisotopic (exact) mass is 324 g/mol. The third-order valence-corrected chi connectivity index (χ3v) is 4.69. The molecule has 1 fully saturated rings. The number of aromatic amines is 1. The standard InChI is InChI=1S/C18H20N4O2/c1-11-7-14-9-15(20-17(14)19-10-11)13-3-5-22(6-4-13)18(23)16-8-12(2)21-24-16/h7-10,13H,3-6H2,1-2H3,(H,19,20). The molecule has 3 aromatic rings. The van der Waals surface area contributed by atoms with Crippen molar-refractivity contribution in [2.75, 3.05) is 13.1 Å². The van der Waals surface area contributed by atoms with Crippen LogP contribution in [-0.2, 0) is 0 Å². The number of fused-ring (bicyclic) bond motifs is 1. The molecule has 0 bridgehead atoms. The molecule has 6 heteroatoms. The molecule has 0 spiro atoms. The quantitative estimate of drug-likeness (QED) is 0.785. The van der Waals surface area contributed by atoms with E-state index in [-0.39, 0.29) is 5.91 Å². The van der Waals surface area contributed by atoms with Gasteiger partial charge in [0.25, 0.3) is 5.91 Å². The Hall–Kier alpha value is -2.63. The smallest absolute Gasteiger partial charge is 0.292 e.